The second-order valence-electron chi connectivity index (χ2n) is 4.26. The molecule has 0 spiro atoms. The van der Waals surface area contributed by atoms with Crippen molar-refractivity contribution in [1.29, 1.82) is 0 Å². The highest BCUT2D eigenvalue weighted by Crippen LogP contribution is 2.29. The lowest BCUT2D eigenvalue weighted by Crippen LogP contribution is -2.05. The van der Waals surface area contributed by atoms with Crippen molar-refractivity contribution in [2.45, 2.75) is 12.8 Å². The Morgan fingerprint density at radius 2 is 1.76 bits per heavy atom. The van der Waals surface area contributed by atoms with Crippen LogP contribution >= 0.6 is 0 Å². The zero-order valence-electron chi connectivity index (χ0n) is 10.8. The van der Waals surface area contributed by atoms with Crippen LogP contribution in [0.4, 0.5) is 17.6 Å². The molecule has 0 radical (unpaired) electrons. The summed E-state index contributed by atoms with van der Waals surface area (Å²) in [4.78, 5) is 4.93. The van der Waals surface area contributed by atoms with Gasteiger partial charge in [-0.05, 0) is 35.4 Å². The van der Waals surface area contributed by atoms with E-state index in [2.05, 4.69) is 5.16 Å². The zero-order valence-corrected chi connectivity index (χ0v) is 10.8. The lowest BCUT2D eigenvalue weighted by molar-refractivity contribution is -0.137. The van der Waals surface area contributed by atoms with Gasteiger partial charge in [-0.2, -0.15) is 13.2 Å². The minimum absolute atomic E-state index is 0.0817. The SMILES string of the molecule is Fc1ccc(C=NOCc2cccc(C(F)(F)F)c2)cc1. The van der Waals surface area contributed by atoms with E-state index in [1.807, 2.05) is 0 Å². The number of rotatable bonds is 4. The quantitative estimate of drug-likeness (QED) is 0.466. The molecule has 2 rings (SSSR count). The minimum atomic E-state index is -4.38. The largest absolute Gasteiger partial charge is 0.416 e. The van der Waals surface area contributed by atoms with Gasteiger partial charge in [-0.15, -0.1) is 0 Å². The topological polar surface area (TPSA) is 21.6 Å². The molecule has 0 aliphatic carbocycles. The van der Waals surface area contributed by atoms with Crippen molar-refractivity contribution in [2.75, 3.05) is 0 Å². The predicted octanol–water partition coefficient (Wildman–Crippen LogP) is 4.40. The van der Waals surface area contributed by atoms with E-state index in [1.165, 1.54) is 42.6 Å². The average molecular weight is 297 g/mol. The molecule has 0 amide bonds. The van der Waals surface area contributed by atoms with Crippen molar-refractivity contribution in [2.24, 2.45) is 5.16 Å². The Labute approximate surface area is 118 Å². The fourth-order valence-electron chi connectivity index (χ4n) is 1.60. The average Bonchev–Trinajstić information content (AvgIpc) is 2.45. The monoisotopic (exact) mass is 297 g/mol. The van der Waals surface area contributed by atoms with Gasteiger partial charge in [0.2, 0.25) is 0 Å². The second-order valence-corrected chi connectivity index (χ2v) is 4.26. The van der Waals surface area contributed by atoms with Gasteiger partial charge >= 0.3 is 6.18 Å². The third kappa shape index (κ3) is 4.59. The van der Waals surface area contributed by atoms with Gasteiger partial charge in [0.05, 0.1) is 11.8 Å². The maximum atomic E-state index is 12.7. The van der Waals surface area contributed by atoms with Gasteiger partial charge in [0.1, 0.15) is 12.4 Å². The second kappa shape index (κ2) is 6.39. The van der Waals surface area contributed by atoms with Gasteiger partial charge in [0.15, 0.2) is 0 Å². The van der Waals surface area contributed by atoms with Gasteiger partial charge in [-0.3, -0.25) is 0 Å². The van der Waals surface area contributed by atoms with E-state index in [-0.39, 0.29) is 12.4 Å². The highest BCUT2D eigenvalue weighted by Gasteiger charge is 2.30. The number of halogens is 4. The molecule has 0 aromatic heterocycles. The molecule has 6 heteroatoms. The van der Waals surface area contributed by atoms with Gasteiger partial charge in [0, 0.05) is 0 Å². The summed E-state index contributed by atoms with van der Waals surface area (Å²) in [5.74, 6) is -0.364. The Bertz CT molecular complexity index is 620. The van der Waals surface area contributed by atoms with E-state index in [9.17, 15) is 17.6 Å². The number of alkyl halides is 3. The lowest BCUT2D eigenvalue weighted by atomic mass is 10.1. The first-order chi connectivity index (χ1) is 9.95. The smallest absolute Gasteiger partial charge is 0.391 e. The third-order valence-electron chi connectivity index (χ3n) is 2.63. The third-order valence-corrected chi connectivity index (χ3v) is 2.63. The molecular weight excluding hydrogens is 286 g/mol. The van der Waals surface area contributed by atoms with Crippen LogP contribution in [0.15, 0.2) is 53.7 Å². The van der Waals surface area contributed by atoms with Crippen LogP contribution in [0.2, 0.25) is 0 Å². The molecule has 0 aliphatic heterocycles. The Kier molecular flexibility index (Phi) is 4.57. The number of hydrogen-bond donors (Lipinski definition) is 0. The normalized spacial score (nSPS) is 11.8. The van der Waals surface area contributed by atoms with E-state index < -0.39 is 11.7 Å². The summed E-state index contributed by atoms with van der Waals surface area (Å²) >= 11 is 0. The summed E-state index contributed by atoms with van der Waals surface area (Å²) < 4.78 is 50.2. The molecule has 110 valence electrons. The molecule has 2 aromatic carbocycles. The molecule has 0 unspecified atom stereocenters. The molecule has 0 saturated carbocycles. The molecule has 0 fully saturated rings. The standard InChI is InChI=1S/C15H11F4NO/c16-14-6-4-11(5-7-14)9-20-21-10-12-2-1-3-13(8-12)15(17,18)19/h1-9H,10H2. The molecule has 0 saturated heterocycles. The van der Waals surface area contributed by atoms with E-state index in [1.54, 1.807) is 0 Å². The highest BCUT2D eigenvalue weighted by molar-refractivity contribution is 5.78. The van der Waals surface area contributed by atoms with Crippen LogP contribution in [0, 0.1) is 5.82 Å². The number of hydrogen-bond acceptors (Lipinski definition) is 2. The van der Waals surface area contributed by atoms with Crippen molar-refractivity contribution in [3.8, 4) is 0 Å². The number of benzene rings is 2. The minimum Gasteiger partial charge on any atom is -0.391 e. The molecule has 0 bridgehead atoms. The number of nitrogens with zero attached hydrogens (tertiary/aromatic N) is 1. The fraction of sp³-hybridized carbons (Fsp3) is 0.133. The van der Waals surface area contributed by atoms with E-state index in [4.69, 9.17) is 4.84 Å². The highest BCUT2D eigenvalue weighted by atomic mass is 19.4. The maximum Gasteiger partial charge on any atom is 0.416 e. The van der Waals surface area contributed by atoms with Crippen molar-refractivity contribution in [3.05, 3.63) is 71.0 Å². The summed E-state index contributed by atoms with van der Waals surface area (Å²) in [6.45, 7) is -0.0817. The number of oxime groups is 1. The van der Waals surface area contributed by atoms with Crippen molar-refractivity contribution >= 4 is 6.21 Å². The van der Waals surface area contributed by atoms with Crippen LogP contribution in [-0.2, 0) is 17.6 Å². The summed E-state index contributed by atoms with van der Waals surface area (Å²) in [5, 5.41) is 3.63. The van der Waals surface area contributed by atoms with E-state index in [0.29, 0.717) is 11.1 Å². The Hall–Kier alpha value is -2.37. The van der Waals surface area contributed by atoms with Crippen LogP contribution in [-0.4, -0.2) is 6.21 Å². The van der Waals surface area contributed by atoms with Crippen LogP contribution in [0.5, 0.6) is 0 Å². The molecule has 0 atom stereocenters. The van der Waals surface area contributed by atoms with Gasteiger partial charge in [-0.1, -0.05) is 29.4 Å². The summed E-state index contributed by atoms with van der Waals surface area (Å²) in [7, 11) is 0. The van der Waals surface area contributed by atoms with Crippen molar-refractivity contribution in [1.82, 2.24) is 0 Å². The first-order valence-corrected chi connectivity index (χ1v) is 6.02. The van der Waals surface area contributed by atoms with Crippen molar-refractivity contribution < 1.29 is 22.4 Å². The van der Waals surface area contributed by atoms with Crippen LogP contribution in [0.3, 0.4) is 0 Å². The first kappa shape index (κ1) is 15.0. The molecule has 0 N–H and O–H groups in total. The zero-order chi connectivity index (χ0) is 15.3. The Morgan fingerprint density at radius 3 is 2.43 bits per heavy atom. The molecular formula is C15H11F4NO. The molecule has 2 aromatic rings. The predicted molar refractivity (Wildman–Crippen MR) is 70.2 cm³/mol. The molecule has 0 heterocycles. The Morgan fingerprint density at radius 1 is 1.05 bits per heavy atom. The van der Waals surface area contributed by atoms with E-state index in [0.717, 1.165) is 12.1 Å². The maximum absolute atomic E-state index is 12.7. The summed E-state index contributed by atoms with van der Waals surface area (Å²) in [6.07, 6.45) is -3.03. The van der Waals surface area contributed by atoms with Crippen LogP contribution in [0.1, 0.15) is 16.7 Å². The van der Waals surface area contributed by atoms with Gasteiger partial charge < -0.3 is 4.84 Å². The molecule has 21 heavy (non-hydrogen) atoms. The van der Waals surface area contributed by atoms with Crippen molar-refractivity contribution in [3.63, 3.8) is 0 Å². The Balaban J connectivity index is 1.93. The first-order valence-electron chi connectivity index (χ1n) is 6.02. The summed E-state index contributed by atoms with van der Waals surface area (Å²) in [5.41, 5.74) is 0.257. The van der Waals surface area contributed by atoms with Crippen LogP contribution in [0.25, 0.3) is 0 Å². The lowest BCUT2D eigenvalue weighted by Gasteiger charge is -2.07. The molecule has 2 nitrogen and oxygen atoms in total. The fourth-order valence-corrected chi connectivity index (χ4v) is 1.60. The molecule has 0 aliphatic rings. The van der Waals surface area contributed by atoms with Gasteiger partial charge in [-0.25, -0.2) is 4.39 Å². The van der Waals surface area contributed by atoms with E-state index >= 15 is 0 Å². The van der Waals surface area contributed by atoms with Crippen LogP contribution < -0.4 is 0 Å². The van der Waals surface area contributed by atoms with Gasteiger partial charge in [0.25, 0.3) is 0 Å². The summed E-state index contributed by atoms with van der Waals surface area (Å²) in [6, 6.07) is 10.4.